The minimum atomic E-state index is 0.0200. The average Bonchev–Trinajstić information content (AvgIpc) is 3.17. The molecule has 2 aromatic heterocycles. The van der Waals surface area contributed by atoms with Gasteiger partial charge in [0.1, 0.15) is 5.69 Å². The van der Waals surface area contributed by atoms with Crippen molar-refractivity contribution in [3.63, 3.8) is 0 Å². The van der Waals surface area contributed by atoms with Gasteiger partial charge in [0.25, 0.3) is 5.91 Å². The van der Waals surface area contributed by atoms with Gasteiger partial charge >= 0.3 is 0 Å². The van der Waals surface area contributed by atoms with Gasteiger partial charge in [0.05, 0.1) is 20.7 Å². The smallest absolute Gasteiger partial charge is 0.272 e. The quantitative estimate of drug-likeness (QED) is 0.504. The molecule has 4 aromatic rings. The van der Waals surface area contributed by atoms with Gasteiger partial charge in [-0.05, 0) is 37.1 Å². The van der Waals surface area contributed by atoms with Crippen LogP contribution in [-0.2, 0) is 0 Å². The van der Waals surface area contributed by atoms with Crippen molar-refractivity contribution in [1.29, 1.82) is 0 Å². The number of hydrogen-bond donors (Lipinski definition) is 0. The Morgan fingerprint density at radius 2 is 1.78 bits per heavy atom. The number of benzene rings is 2. The van der Waals surface area contributed by atoms with E-state index in [0.29, 0.717) is 18.2 Å². The lowest BCUT2D eigenvalue weighted by Crippen LogP contribution is -2.39. The second-order valence-electron chi connectivity index (χ2n) is 7.00. The summed E-state index contributed by atoms with van der Waals surface area (Å²) in [5, 5.41) is 2.19. The first-order valence-electron chi connectivity index (χ1n) is 9.28. The zero-order valence-electron chi connectivity index (χ0n) is 14.8. The molecule has 1 saturated heterocycles. The summed E-state index contributed by atoms with van der Waals surface area (Å²) in [5.41, 5.74) is 2.44. The number of para-hydroxylation sites is 2. The van der Waals surface area contributed by atoms with Gasteiger partial charge in [-0.25, -0.2) is 9.97 Å². The molecule has 0 saturated carbocycles. The highest BCUT2D eigenvalue weighted by molar-refractivity contribution is 7.18. The zero-order valence-corrected chi connectivity index (χ0v) is 15.7. The highest BCUT2D eigenvalue weighted by Crippen LogP contribution is 2.33. The van der Waals surface area contributed by atoms with Crippen LogP contribution in [0.2, 0.25) is 0 Å². The third kappa shape index (κ3) is 3.08. The van der Waals surface area contributed by atoms with E-state index in [1.54, 1.807) is 11.3 Å². The van der Waals surface area contributed by atoms with Crippen molar-refractivity contribution in [3.05, 3.63) is 71.4 Å². The minimum Gasteiger partial charge on any atom is -0.337 e. The predicted molar refractivity (Wildman–Crippen MR) is 109 cm³/mol. The van der Waals surface area contributed by atoms with E-state index in [-0.39, 0.29) is 5.91 Å². The standard InChI is InChI=1S/C22H19N3OS/c26-22(19-12-11-15-6-1-2-8-17(15)23-19)25-13-5-7-16(14-25)21-24-18-9-3-4-10-20(18)27-21/h1-4,6,8-12,16H,5,7,13-14H2/t16-/m1/s1. The molecule has 134 valence electrons. The van der Waals surface area contributed by atoms with Crippen molar-refractivity contribution in [2.24, 2.45) is 0 Å². The van der Waals surface area contributed by atoms with Gasteiger partial charge in [-0.1, -0.05) is 36.4 Å². The molecule has 0 unspecified atom stereocenters. The first kappa shape index (κ1) is 16.4. The normalized spacial score (nSPS) is 17.5. The number of piperidine rings is 1. The van der Waals surface area contributed by atoms with Crippen molar-refractivity contribution < 1.29 is 4.79 Å². The number of likely N-dealkylation sites (tertiary alicyclic amines) is 1. The summed E-state index contributed by atoms with van der Waals surface area (Å²) in [6.45, 7) is 1.50. The number of nitrogens with zero attached hydrogens (tertiary/aromatic N) is 3. The number of amides is 1. The van der Waals surface area contributed by atoms with Crippen LogP contribution in [0.5, 0.6) is 0 Å². The molecule has 5 heteroatoms. The van der Waals surface area contributed by atoms with Crippen LogP contribution < -0.4 is 0 Å². The van der Waals surface area contributed by atoms with E-state index in [4.69, 9.17) is 4.98 Å². The largest absolute Gasteiger partial charge is 0.337 e. The Hall–Kier alpha value is -2.79. The molecule has 3 heterocycles. The molecule has 4 nitrogen and oxygen atoms in total. The summed E-state index contributed by atoms with van der Waals surface area (Å²) >= 11 is 1.75. The predicted octanol–water partition coefficient (Wildman–Crippen LogP) is 4.86. The van der Waals surface area contributed by atoms with Crippen molar-refractivity contribution in [2.45, 2.75) is 18.8 Å². The number of rotatable bonds is 2. The van der Waals surface area contributed by atoms with Gasteiger partial charge < -0.3 is 4.90 Å². The topological polar surface area (TPSA) is 46.1 Å². The van der Waals surface area contributed by atoms with Gasteiger partial charge in [-0.15, -0.1) is 11.3 Å². The van der Waals surface area contributed by atoms with Crippen LogP contribution in [-0.4, -0.2) is 33.9 Å². The fourth-order valence-electron chi connectivity index (χ4n) is 3.77. The number of fused-ring (bicyclic) bond motifs is 2. The Morgan fingerprint density at radius 1 is 0.963 bits per heavy atom. The van der Waals surface area contributed by atoms with E-state index < -0.39 is 0 Å². The summed E-state index contributed by atoms with van der Waals surface area (Å²) in [4.78, 5) is 24.4. The van der Waals surface area contributed by atoms with Crippen molar-refractivity contribution in [2.75, 3.05) is 13.1 Å². The van der Waals surface area contributed by atoms with Crippen LogP contribution in [0.3, 0.4) is 0 Å². The molecule has 0 spiro atoms. The van der Waals surface area contributed by atoms with Crippen molar-refractivity contribution >= 4 is 38.4 Å². The zero-order chi connectivity index (χ0) is 18.2. The molecule has 1 amide bonds. The molecular weight excluding hydrogens is 354 g/mol. The summed E-state index contributed by atoms with van der Waals surface area (Å²) in [6.07, 6.45) is 2.08. The third-order valence-electron chi connectivity index (χ3n) is 5.19. The molecule has 1 aliphatic heterocycles. The second-order valence-corrected chi connectivity index (χ2v) is 8.06. The number of carbonyl (C=O) groups is 1. The molecular formula is C22H19N3OS. The Labute approximate surface area is 161 Å². The molecule has 1 aliphatic rings. The van der Waals surface area contributed by atoms with Crippen molar-refractivity contribution in [1.82, 2.24) is 14.9 Å². The van der Waals surface area contributed by atoms with Crippen LogP contribution in [0.15, 0.2) is 60.7 Å². The number of pyridine rings is 1. The van der Waals surface area contributed by atoms with E-state index >= 15 is 0 Å². The van der Waals surface area contributed by atoms with Gasteiger partial charge in [-0.2, -0.15) is 0 Å². The van der Waals surface area contributed by atoms with E-state index in [0.717, 1.165) is 40.8 Å². The number of thiazole rings is 1. The highest BCUT2D eigenvalue weighted by Gasteiger charge is 2.28. The molecule has 5 rings (SSSR count). The SMILES string of the molecule is O=C(c1ccc2ccccc2n1)N1CCC[C@@H](c2nc3ccccc3s2)C1. The van der Waals surface area contributed by atoms with Crippen LogP contribution >= 0.6 is 11.3 Å². The lowest BCUT2D eigenvalue weighted by molar-refractivity contribution is 0.0701. The number of aromatic nitrogens is 2. The maximum atomic E-state index is 13.0. The van der Waals surface area contributed by atoms with Crippen LogP contribution in [0.1, 0.15) is 34.3 Å². The molecule has 0 N–H and O–H groups in total. The van der Waals surface area contributed by atoms with Crippen LogP contribution in [0.25, 0.3) is 21.1 Å². The molecule has 0 aliphatic carbocycles. The number of hydrogen-bond acceptors (Lipinski definition) is 4. The Balaban J connectivity index is 1.40. The Kier molecular flexibility index (Phi) is 4.09. The third-order valence-corrected chi connectivity index (χ3v) is 6.38. The Bertz CT molecular complexity index is 1100. The molecule has 1 fully saturated rings. The van der Waals surface area contributed by atoms with E-state index in [1.807, 2.05) is 53.4 Å². The lowest BCUT2D eigenvalue weighted by atomic mass is 9.98. The fourth-order valence-corrected chi connectivity index (χ4v) is 4.87. The minimum absolute atomic E-state index is 0.0200. The van der Waals surface area contributed by atoms with Gasteiger partial charge in [0, 0.05) is 24.4 Å². The lowest BCUT2D eigenvalue weighted by Gasteiger charge is -2.31. The number of carbonyl (C=O) groups excluding carboxylic acids is 1. The molecule has 2 aromatic carbocycles. The summed E-state index contributed by atoms with van der Waals surface area (Å²) in [7, 11) is 0. The average molecular weight is 373 g/mol. The highest BCUT2D eigenvalue weighted by atomic mass is 32.1. The summed E-state index contributed by atoms with van der Waals surface area (Å²) < 4.78 is 1.21. The van der Waals surface area contributed by atoms with Gasteiger partial charge in [-0.3, -0.25) is 4.79 Å². The maximum Gasteiger partial charge on any atom is 0.272 e. The van der Waals surface area contributed by atoms with Crippen LogP contribution in [0, 0.1) is 0 Å². The van der Waals surface area contributed by atoms with Gasteiger partial charge in [0.2, 0.25) is 0 Å². The van der Waals surface area contributed by atoms with E-state index in [2.05, 4.69) is 17.1 Å². The fraction of sp³-hybridized carbons (Fsp3) is 0.227. The Morgan fingerprint density at radius 3 is 2.67 bits per heavy atom. The molecule has 0 radical (unpaired) electrons. The van der Waals surface area contributed by atoms with Gasteiger partial charge in [0.15, 0.2) is 0 Å². The van der Waals surface area contributed by atoms with Crippen molar-refractivity contribution in [3.8, 4) is 0 Å². The molecule has 27 heavy (non-hydrogen) atoms. The van der Waals surface area contributed by atoms with Crippen LogP contribution in [0.4, 0.5) is 0 Å². The summed E-state index contributed by atoms with van der Waals surface area (Å²) in [5.74, 6) is 0.326. The first-order chi connectivity index (χ1) is 13.3. The maximum absolute atomic E-state index is 13.0. The summed E-state index contributed by atoms with van der Waals surface area (Å²) in [6, 6.07) is 20.0. The molecule has 0 bridgehead atoms. The van der Waals surface area contributed by atoms with E-state index in [9.17, 15) is 4.79 Å². The van der Waals surface area contributed by atoms with E-state index in [1.165, 1.54) is 4.70 Å². The second kappa shape index (κ2) is 6.74. The molecule has 1 atom stereocenters. The first-order valence-corrected chi connectivity index (χ1v) is 10.1. The monoisotopic (exact) mass is 373 g/mol.